The van der Waals surface area contributed by atoms with E-state index in [0.29, 0.717) is 12.0 Å². The summed E-state index contributed by atoms with van der Waals surface area (Å²) in [6.07, 6.45) is 10.9. The highest BCUT2D eigenvalue weighted by Crippen LogP contribution is 2.26. The molecule has 0 spiro atoms. The normalized spacial score (nSPS) is 30.2. The maximum atomic E-state index is 3.39. The van der Waals surface area contributed by atoms with Crippen LogP contribution in [-0.2, 0) is 0 Å². The molecule has 2 rings (SSSR count). The van der Waals surface area contributed by atoms with E-state index in [2.05, 4.69) is 54.8 Å². The van der Waals surface area contributed by atoms with Crippen LogP contribution < -0.4 is 5.32 Å². The van der Waals surface area contributed by atoms with E-state index in [4.69, 9.17) is 0 Å². The van der Waals surface area contributed by atoms with E-state index < -0.39 is 0 Å². The standard InChI is InChI=1S/C11H16N2/c1-13(2)8-9-7-12-11-6-4-3-5-10(9)11/h3-7,10-12H,8H2,1-2H3. The van der Waals surface area contributed by atoms with Crippen molar-refractivity contribution in [3.63, 3.8) is 0 Å². The monoisotopic (exact) mass is 176 g/mol. The molecule has 0 radical (unpaired) electrons. The molecule has 0 amide bonds. The molecule has 0 bridgehead atoms. The predicted molar refractivity (Wildman–Crippen MR) is 55.3 cm³/mol. The summed E-state index contributed by atoms with van der Waals surface area (Å²) in [5.74, 6) is 0.576. The van der Waals surface area contributed by atoms with Crippen LogP contribution in [0.1, 0.15) is 0 Å². The number of fused-ring (bicyclic) bond motifs is 1. The summed E-state index contributed by atoms with van der Waals surface area (Å²) in [5.41, 5.74) is 1.48. The molecule has 0 aromatic heterocycles. The number of hydrogen-bond acceptors (Lipinski definition) is 2. The van der Waals surface area contributed by atoms with Gasteiger partial charge in [-0.3, -0.25) is 0 Å². The fourth-order valence-corrected chi connectivity index (χ4v) is 1.94. The van der Waals surface area contributed by atoms with Crippen LogP contribution in [0.2, 0.25) is 0 Å². The second kappa shape index (κ2) is 3.38. The largest absolute Gasteiger partial charge is 0.384 e. The number of nitrogens with zero attached hydrogens (tertiary/aromatic N) is 1. The van der Waals surface area contributed by atoms with E-state index in [1.807, 2.05) is 0 Å². The summed E-state index contributed by atoms with van der Waals surface area (Å²) in [4.78, 5) is 2.21. The SMILES string of the molecule is CN(C)CC1=CNC2C=CC=CC12. The zero-order valence-corrected chi connectivity index (χ0v) is 8.20. The maximum Gasteiger partial charge on any atom is 0.0543 e. The van der Waals surface area contributed by atoms with Gasteiger partial charge in [-0.1, -0.05) is 24.3 Å². The highest BCUT2D eigenvalue weighted by molar-refractivity contribution is 5.31. The molecule has 1 aliphatic carbocycles. The van der Waals surface area contributed by atoms with Gasteiger partial charge in [0.1, 0.15) is 0 Å². The van der Waals surface area contributed by atoms with Crippen LogP contribution in [0.15, 0.2) is 36.1 Å². The first kappa shape index (κ1) is 8.57. The summed E-state index contributed by atoms with van der Waals surface area (Å²) < 4.78 is 0. The Morgan fingerprint density at radius 2 is 2.08 bits per heavy atom. The Bertz CT molecular complexity index is 274. The summed E-state index contributed by atoms with van der Waals surface area (Å²) in [6, 6.07) is 0.500. The highest BCUT2D eigenvalue weighted by Gasteiger charge is 2.26. The fourth-order valence-electron chi connectivity index (χ4n) is 1.94. The van der Waals surface area contributed by atoms with Crippen LogP contribution >= 0.6 is 0 Å². The molecule has 1 aliphatic heterocycles. The van der Waals surface area contributed by atoms with Crippen molar-refractivity contribution in [2.75, 3.05) is 20.6 Å². The molecule has 0 saturated carbocycles. The van der Waals surface area contributed by atoms with Gasteiger partial charge in [0.25, 0.3) is 0 Å². The molecule has 2 aliphatic rings. The molecule has 0 fully saturated rings. The van der Waals surface area contributed by atoms with Crippen LogP contribution in [0.25, 0.3) is 0 Å². The molecule has 1 heterocycles. The lowest BCUT2D eigenvalue weighted by atomic mass is 9.91. The van der Waals surface area contributed by atoms with Crippen molar-refractivity contribution in [1.29, 1.82) is 0 Å². The minimum atomic E-state index is 0.500. The van der Waals surface area contributed by atoms with Crippen LogP contribution in [0.4, 0.5) is 0 Å². The quantitative estimate of drug-likeness (QED) is 0.679. The lowest BCUT2D eigenvalue weighted by Gasteiger charge is -2.20. The minimum absolute atomic E-state index is 0.500. The summed E-state index contributed by atoms with van der Waals surface area (Å²) in [6.45, 7) is 1.05. The average Bonchev–Trinajstić information content (AvgIpc) is 2.48. The highest BCUT2D eigenvalue weighted by atomic mass is 15.1. The van der Waals surface area contributed by atoms with Gasteiger partial charge in [0, 0.05) is 12.5 Å². The van der Waals surface area contributed by atoms with E-state index in [1.54, 1.807) is 0 Å². The molecule has 2 nitrogen and oxygen atoms in total. The zero-order chi connectivity index (χ0) is 9.26. The van der Waals surface area contributed by atoms with Crippen molar-refractivity contribution in [2.45, 2.75) is 6.04 Å². The third-order valence-electron chi connectivity index (χ3n) is 2.52. The summed E-state index contributed by atoms with van der Waals surface area (Å²) in [5, 5.41) is 3.39. The van der Waals surface area contributed by atoms with Crippen molar-refractivity contribution < 1.29 is 0 Å². The molecule has 13 heavy (non-hydrogen) atoms. The molecule has 2 atom stereocenters. The van der Waals surface area contributed by atoms with Crippen LogP contribution in [0.5, 0.6) is 0 Å². The summed E-state index contributed by atoms with van der Waals surface area (Å²) in [7, 11) is 4.22. The second-order valence-corrected chi connectivity index (χ2v) is 3.95. The van der Waals surface area contributed by atoms with Gasteiger partial charge in [0.15, 0.2) is 0 Å². The molecular formula is C11H16N2. The third-order valence-corrected chi connectivity index (χ3v) is 2.52. The van der Waals surface area contributed by atoms with E-state index >= 15 is 0 Å². The Hall–Kier alpha value is -1.02. The molecule has 0 saturated heterocycles. The van der Waals surface area contributed by atoms with Crippen LogP contribution in [0.3, 0.4) is 0 Å². The molecule has 2 unspecified atom stereocenters. The van der Waals surface area contributed by atoms with Crippen molar-refractivity contribution in [2.24, 2.45) is 5.92 Å². The molecule has 70 valence electrons. The van der Waals surface area contributed by atoms with Crippen LogP contribution in [0, 0.1) is 5.92 Å². The maximum absolute atomic E-state index is 3.39. The fraction of sp³-hybridized carbons (Fsp3) is 0.455. The van der Waals surface area contributed by atoms with Gasteiger partial charge in [-0.2, -0.15) is 0 Å². The van der Waals surface area contributed by atoms with Crippen molar-refractivity contribution in [3.05, 3.63) is 36.1 Å². The Kier molecular flexibility index (Phi) is 2.23. The first-order valence-corrected chi connectivity index (χ1v) is 4.72. The molecule has 1 N–H and O–H groups in total. The Balaban J connectivity index is 2.07. The first-order chi connectivity index (χ1) is 6.27. The third kappa shape index (κ3) is 1.68. The smallest absolute Gasteiger partial charge is 0.0543 e. The van der Waals surface area contributed by atoms with Gasteiger partial charge >= 0.3 is 0 Å². The lowest BCUT2D eigenvalue weighted by Crippen LogP contribution is -2.27. The number of rotatable bonds is 2. The second-order valence-electron chi connectivity index (χ2n) is 3.95. The van der Waals surface area contributed by atoms with Gasteiger partial charge in [0.2, 0.25) is 0 Å². The molecule has 2 heteroatoms. The predicted octanol–water partition coefficient (Wildman–Crippen LogP) is 1.15. The van der Waals surface area contributed by atoms with Crippen molar-refractivity contribution in [3.8, 4) is 0 Å². The van der Waals surface area contributed by atoms with E-state index in [-0.39, 0.29) is 0 Å². The topological polar surface area (TPSA) is 15.3 Å². The van der Waals surface area contributed by atoms with Gasteiger partial charge < -0.3 is 10.2 Å². The minimum Gasteiger partial charge on any atom is -0.384 e. The van der Waals surface area contributed by atoms with E-state index in [9.17, 15) is 0 Å². The number of nitrogens with one attached hydrogen (secondary N) is 1. The van der Waals surface area contributed by atoms with Crippen LogP contribution in [-0.4, -0.2) is 31.6 Å². The Labute approximate surface area is 79.6 Å². The number of hydrogen-bond donors (Lipinski definition) is 1. The first-order valence-electron chi connectivity index (χ1n) is 4.72. The van der Waals surface area contributed by atoms with E-state index in [1.165, 1.54) is 5.57 Å². The molecule has 0 aromatic carbocycles. The molecule has 0 aromatic rings. The zero-order valence-electron chi connectivity index (χ0n) is 8.20. The number of allylic oxidation sites excluding steroid dienone is 2. The van der Waals surface area contributed by atoms with Gasteiger partial charge in [-0.25, -0.2) is 0 Å². The van der Waals surface area contributed by atoms with Gasteiger partial charge in [-0.15, -0.1) is 0 Å². The van der Waals surface area contributed by atoms with Gasteiger partial charge in [0.05, 0.1) is 6.04 Å². The Morgan fingerprint density at radius 1 is 1.31 bits per heavy atom. The molecular weight excluding hydrogens is 160 g/mol. The number of likely N-dealkylation sites (N-methyl/N-ethyl adjacent to an activating group) is 1. The van der Waals surface area contributed by atoms with Crippen molar-refractivity contribution in [1.82, 2.24) is 10.2 Å². The van der Waals surface area contributed by atoms with Crippen molar-refractivity contribution >= 4 is 0 Å². The van der Waals surface area contributed by atoms with Gasteiger partial charge in [-0.05, 0) is 25.9 Å². The Morgan fingerprint density at radius 3 is 2.85 bits per heavy atom. The average molecular weight is 176 g/mol. The lowest BCUT2D eigenvalue weighted by molar-refractivity contribution is 0.429. The van der Waals surface area contributed by atoms with E-state index in [0.717, 1.165) is 6.54 Å². The summed E-state index contributed by atoms with van der Waals surface area (Å²) >= 11 is 0.